The number of anilines is 3. The summed E-state index contributed by atoms with van der Waals surface area (Å²) in [6.07, 6.45) is 0. The van der Waals surface area contributed by atoms with Crippen molar-refractivity contribution in [1.29, 1.82) is 0 Å². The van der Waals surface area contributed by atoms with Crippen LogP contribution in [0.5, 0.6) is 0 Å². The van der Waals surface area contributed by atoms with Crippen LogP contribution in [0.2, 0.25) is 0 Å². The largest absolute Gasteiger partial charge is 0.455 e. The number of hydrogen-bond acceptors (Lipinski definition) is 2. The minimum absolute atomic E-state index is 0.862. The van der Waals surface area contributed by atoms with Crippen molar-refractivity contribution in [3.05, 3.63) is 255 Å². The van der Waals surface area contributed by atoms with Gasteiger partial charge in [0.05, 0.1) is 22.1 Å². The molecular formula is C64H42N2O. The zero-order chi connectivity index (χ0) is 44.3. The first kappa shape index (κ1) is 38.5. The second-order valence-corrected chi connectivity index (χ2v) is 17.2. The predicted molar refractivity (Wildman–Crippen MR) is 282 cm³/mol. The maximum Gasteiger partial charge on any atom is 0.145 e. The van der Waals surface area contributed by atoms with E-state index in [9.17, 15) is 0 Å². The third-order valence-electron chi connectivity index (χ3n) is 13.4. The minimum atomic E-state index is 0.862. The minimum Gasteiger partial charge on any atom is -0.455 e. The van der Waals surface area contributed by atoms with Gasteiger partial charge in [-0.15, -0.1) is 0 Å². The number of para-hydroxylation sites is 3. The Morgan fingerprint density at radius 2 is 0.836 bits per heavy atom. The molecule has 0 radical (unpaired) electrons. The summed E-state index contributed by atoms with van der Waals surface area (Å²) in [6.45, 7) is 0. The topological polar surface area (TPSA) is 21.3 Å². The first-order chi connectivity index (χ1) is 33.2. The normalized spacial score (nSPS) is 11.6. The average molecular weight is 855 g/mol. The molecule has 0 aliphatic rings. The second-order valence-electron chi connectivity index (χ2n) is 17.2. The van der Waals surface area contributed by atoms with Gasteiger partial charge >= 0.3 is 0 Å². The molecule has 0 aliphatic heterocycles. The highest BCUT2D eigenvalue weighted by atomic mass is 16.3. The van der Waals surface area contributed by atoms with E-state index >= 15 is 0 Å². The van der Waals surface area contributed by atoms with Gasteiger partial charge in [0, 0.05) is 38.8 Å². The molecule has 3 heteroatoms. The van der Waals surface area contributed by atoms with Gasteiger partial charge in [-0.05, 0) is 116 Å². The van der Waals surface area contributed by atoms with Crippen LogP contribution in [0.1, 0.15) is 0 Å². The summed E-state index contributed by atoms with van der Waals surface area (Å²) >= 11 is 0. The lowest BCUT2D eigenvalue weighted by Crippen LogP contribution is -2.10. The highest BCUT2D eigenvalue weighted by molar-refractivity contribution is 6.17. The number of rotatable bonds is 8. The van der Waals surface area contributed by atoms with Crippen molar-refractivity contribution in [2.45, 2.75) is 0 Å². The molecule has 314 valence electrons. The molecule has 2 heterocycles. The number of fused-ring (bicyclic) bond motifs is 7. The van der Waals surface area contributed by atoms with Crippen LogP contribution in [-0.4, -0.2) is 4.57 Å². The van der Waals surface area contributed by atoms with Gasteiger partial charge in [-0.25, -0.2) is 0 Å². The maximum absolute atomic E-state index is 6.81. The molecule has 0 spiro atoms. The van der Waals surface area contributed by atoms with E-state index in [1.165, 1.54) is 49.3 Å². The lowest BCUT2D eigenvalue weighted by atomic mass is 9.91. The van der Waals surface area contributed by atoms with Crippen LogP contribution in [0, 0.1) is 0 Å². The van der Waals surface area contributed by atoms with Crippen molar-refractivity contribution in [3.8, 4) is 50.2 Å². The molecule has 2 aromatic heterocycles. The van der Waals surface area contributed by atoms with E-state index in [1.807, 2.05) is 0 Å². The van der Waals surface area contributed by atoms with E-state index in [2.05, 4.69) is 264 Å². The summed E-state index contributed by atoms with van der Waals surface area (Å²) in [5.74, 6) is 0. The zero-order valence-corrected chi connectivity index (χ0v) is 36.6. The van der Waals surface area contributed by atoms with E-state index in [1.54, 1.807) is 0 Å². The van der Waals surface area contributed by atoms with E-state index in [0.717, 1.165) is 72.5 Å². The summed E-state index contributed by atoms with van der Waals surface area (Å²) in [4.78, 5) is 2.39. The fourth-order valence-electron chi connectivity index (χ4n) is 10.3. The Morgan fingerprint density at radius 1 is 0.328 bits per heavy atom. The van der Waals surface area contributed by atoms with Crippen LogP contribution >= 0.6 is 0 Å². The van der Waals surface area contributed by atoms with Gasteiger partial charge in [0.1, 0.15) is 11.2 Å². The molecule has 0 aliphatic carbocycles. The summed E-state index contributed by atoms with van der Waals surface area (Å²) in [7, 11) is 0. The summed E-state index contributed by atoms with van der Waals surface area (Å²) in [5, 5.41) is 7.14. The number of benzene rings is 11. The third-order valence-corrected chi connectivity index (χ3v) is 13.4. The Hall–Kier alpha value is -8.92. The molecule has 0 N–H and O–H groups in total. The van der Waals surface area contributed by atoms with Crippen LogP contribution < -0.4 is 4.90 Å². The van der Waals surface area contributed by atoms with E-state index in [0.29, 0.717) is 0 Å². The van der Waals surface area contributed by atoms with Crippen molar-refractivity contribution in [1.82, 2.24) is 4.57 Å². The van der Waals surface area contributed by atoms with E-state index < -0.39 is 0 Å². The Kier molecular flexibility index (Phi) is 9.17. The SMILES string of the molecule is c1ccc(-c2ccc(N(c3ccc(-c4cccc(-n5c6ccccc6c6ccccc65)c4)cc3)c3ccc(-c4cccc5cccc(-c6ccccc6)c45)cc3)c3c2oc2ccccc23)cc1. The monoisotopic (exact) mass is 854 g/mol. The first-order valence-electron chi connectivity index (χ1n) is 22.9. The van der Waals surface area contributed by atoms with Crippen molar-refractivity contribution >= 4 is 71.6 Å². The van der Waals surface area contributed by atoms with Crippen molar-refractivity contribution in [2.24, 2.45) is 0 Å². The number of aromatic nitrogens is 1. The fraction of sp³-hybridized carbons (Fsp3) is 0. The summed E-state index contributed by atoms with van der Waals surface area (Å²) in [6, 6.07) is 91.8. The van der Waals surface area contributed by atoms with Gasteiger partial charge in [-0.1, -0.05) is 188 Å². The molecular weight excluding hydrogens is 813 g/mol. The van der Waals surface area contributed by atoms with Gasteiger partial charge in [0.2, 0.25) is 0 Å². The zero-order valence-electron chi connectivity index (χ0n) is 36.6. The van der Waals surface area contributed by atoms with E-state index in [-0.39, 0.29) is 0 Å². The van der Waals surface area contributed by atoms with Crippen LogP contribution in [0.4, 0.5) is 17.1 Å². The molecule has 13 rings (SSSR count). The number of nitrogens with zero attached hydrogens (tertiary/aromatic N) is 2. The van der Waals surface area contributed by atoms with Gasteiger partial charge in [-0.2, -0.15) is 0 Å². The molecule has 0 amide bonds. The van der Waals surface area contributed by atoms with Gasteiger partial charge in [0.25, 0.3) is 0 Å². The molecule has 0 unspecified atom stereocenters. The maximum atomic E-state index is 6.81. The van der Waals surface area contributed by atoms with Crippen molar-refractivity contribution in [2.75, 3.05) is 4.90 Å². The molecule has 0 fully saturated rings. The third kappa shape index (κ3) is 6.51. The van der Waals surface area contributed by atoms with E-state index in [4.69, 9.17) is 4.42 Å². The predicted octanol–water partition coefficient (Wildman–Crippen LogP) is 18.0. The quantitative estimate of drug-likeness (QED) is 0.152. The van der Waals surface area contributed by atoms with Crippen LogP contribution in [0.25, 0.3) is 105 Å². The highest BCUT2D eigenvalue weighted by Gasteiger charge is 2.23. The highest BCUT2D eigenvalue weighted by Crippen LogP contribution is 2.47. The number of hydrogen-bond donors (Lipinski definition) is 0. The van der Waals surface area contributed by atoms with Crippen molar-refractivity contribution < 1.29 is 4.42 Å². The Balaban J connectivity index is 0.963. The Bertz CT molecular complexity index is 3900. The molecule has 11 aromatic carbocycles. The second kappa shape index (κ2) is 16.0. The molecule has 67 heavy (non-hydrogen) atoms. The molecule has 13 aromatic rings. The molecule has 0 saturated carbocycles. The molecule has 0 bridgehead atoms. The average Bonchev–Trinajstić information content (AvgIpc) is 3.96. The molecule has 0 atom stereocenters. The lowest BCUT2D eigenvalue weighted by Gasteiger charge is -2.27. The summed E-state index contributed by atoms with van der Waals surface area (Å²) in [5.41, 5.74) is 17.7. The number of furan rings is 1. The Morgan fingerprint density at radius 3 is 1.48 bits per heavy atom. The van der Waals surface area contributed by atoms with Crippen LogP contribution in [-0.2, 0) is 0 Å². The van der Waals surface area contributed by atoms with Crippen LogP contribution in [0.15, 0.2) is 259 Å². The Labute approximate surface area is 388 Å². The van der Waals surface area contributed by atoms with Crippen molar-refractivity contribution in [3.63, 3.8) is 0 Å². The smallest absolute Gasteiger partial charge is 0.145 e. The lowest BCUT2D eigenvalue weighted by molar-refractivity contribution is 0.670. The molecule has 0 saturated heterocycles. The van der Waals surface area contributed by atoms with Gasteiger partial charge < -0.3 is 13.9 Å². The first-order valence-corrected chi connectivity index (χ1v) is 22.9. The van der Waals surface area contributed by atoms with Gasteiger partial charge in [0.15, 0.2) is 0 Å². The standard InChI is InChI=1S/C64H42N2O/c1-3-16-44(17-4-1)52-27-14-20-47-21-15-28-53(62(47)52)46-34-38-50(39-35-46)65(60-41-40-54(45-18-5-2-6-19-45)64-63(60)57-26-9-12-31-61(57)67-64)49-36-32-43(33-37-49)48-22-13-23-51(42-48)66-58-29-10-7-24-55(58)56-25-8-11-30-59(56)66/h1-42H. The van der Waals surface area contributed by atoms with Crippen LogP contribution in [0.3, 0.4) is 0 Å². The van der Waals surface area contributed by atoms with Gasteiger partial charge in [-0.3, -0.25) is 0 Å². The fourth-order valence-corrected chi connectivity index (χ4v) is 10.3. The summed E-state index contributed by atoms with van der Waals surface area (Å²) < 4.78 is 9.19. The molecule has 3 nitrogen and oxygen atoms in total.